The summed E-state index contributed by atoms with van der Waals surface area (Å²) in [6.45, 7) is 6.80. The van der Waals surface area contributed by atoms with E-state index in [-0.39, 0.29) is 11.3 Å². The van der Waals surface area contributed by atoms with Crippen molar-refractivity contribution in [3.63, 3.8) is 0 Å². The number of fused-ring (bicyclic) bond motifs is 1. The summed E-state index contributed by atoms with van der Waals surface area (Å²) in [4.78, 5) is 6.78. The molecule has 3 rings (SSSR count). The van der Waals surface area contributed by atoms with Gasteiger partial charge in [-0.2, -0.15) is 0 Å². The first-order chi connectivity index (χ1) is 11.3. The predicted molar refractivity (Wildman–Crippen MR) is 102 cm³/mol. The topological polar surface area (TPSA) is 35.8 Å². The molecule has 1 N–H and O–H groups in total. The first kappa shape index (κ1) is 16.8. The number of rotatable bonds is 2. The van der Waals surface area contributed by atoms with Gasteiger partial charge in [0, 0.05) is 30.1 Å². The van der Waals surface area contributed by atoms with Crippen molar-refractivity contribution in [2.75, 3.05) is 11.9 Å². The van der Waals surface area contributed by atoms with E-state index < -0.39 is 0 Å². The van der Waals surface area contributed by atoms with Gasteiger partial charge in [-0.15, -0.1) is 0 Å². The van der Waals surface area contributed by atoms with Gasteiger partial charge >= 0.3 is 0 Å². The van der Waals surface area contributed by atoms with E-state index in [0.29, 0.717) is 10.9 Å². The van der Waals surface area contributed by atoms with E-state index in [1.54, 1.807) is 30.5 Å². The van der Waals surface area contributed by atoms with Crippen molar-refractivity contribution in [3.05, 3.63) is 52.5 Å². The van der Waals surface area contributed by atoms with Crippen LogP contribution >= 0.6 is 11.6 Å². The summed E-state index contributed by atoms with van der Waals surface area (Å²) in [5, 5.41) is 10.0. The molecule has 0 spiro atoms. The van der Waals surface area contributed by atoms with E-state index in [9.17, 15) is 5.11 Å². The third-order valence-corrected chi connectivity index (χ3v) is 5.28. The lowest BCUT2D eigenvalue weighted by Gasteiger charge is -2.45. The molecular formula is C20H23ClN2O. The van der Waals surface area contributed by atoms with Crippen LogP contribution in [0.4, 0.5) is 11.4 Å². The van der Waals surface area contributed by atoms with Crippen LogP contribution in [0, 0.1) is 0 Å². The molecular weight excluding hydrogens is 320 g/mol. The normalized spacial score (nSPS) is 19.5. The Morgan fingerprint density at radius 1 is 1.25 bits per heavy atom. The number of phenolic OH excluding ortho intramolecular Hbond substituents is 1. The summed E-state index contributed by atoms with van der Waals surface area (Å²) in [6, 6.07) is 11.0. The molecule has 1 heterocycles. The van der Waals surface area contributed by atoms with Crippen LogP contribution in [0.25, 0.3) is 0 Å². The van der Waals surface area contributed by atoms with Crippen molar-refractivity contribution in [2.45, 2.75) is 38.6 Å². The number of nitrogens with zero attached hydrogens (tertiary/aromatic N) is 2. The molecule has 0 aliphatic carbocycles. The van der Waals surface area contributed by atoms with Crippen molar-refractivity contribution in [2.24, 2.45) is 4.99 Å². The molecule has 4 heteroatoms. The number of hydrogen-bond acceptors (Lipinski definition) is 3. The molecule has 24 heavy (non-hydrogen) atoms. The van der Waals surface area contributed by atoms with Gasteiger partial charge in [-0.3, -0.25) is 4.99 Å². The Hall–Kier alpha value is -2.00. The average Bonchev–Trinajstić information content (AvgIpc) is 2.52. The largest absolute Gasteiger partial charge is 0.508 e. The number of phenols is 1. The zero-order valence-electron chi connectivity index (χ0n) is 14.5. The molecule has 0 fully saturated rings. The van der Waals surface area contributed by atoms with Crippen LogP contribution in [0.3, 0.4) is 0 Å². The Balaban J connectivity index is 1.97. The Bertz CT molecular complexity index is 781. The minimum absolute atomic E-state index is 0.122. The Labute approximate surface area is 148 Å². The molecule has 0 radical (unpaired) electrons. The van der Waals surface area contributed by atoms with Crippen molar-refractivity contribution in [1.82, 2.24) is 0 Å². The van der Waals surface area contributed by atoms with Crippen LogP contribution in [0.1, 0.15) is 44.2 Å². The first-order valence-electron chi connectivity index (χ1n) is 8.18. The molecule has 1 aliphatic rings. The number of hydrogen-bond donors (Lipinski definition) is 1. The maximum Gasteiger partial charge on any atom is 0.115 e. The number of aliphatic imine (C=N–C) groups is 1. The van der Waals surface area contributed by atoms with Crippen LogP contribution in [0.2, 0.25) is 5.02 Å². The molecule has 126 valence electrons. The van der Waals surface area contributed by atoms with Gasteiger partial charge in [-0.05, 0) is 68.1 Å². The maximum atomic E-state index is 9.34. The van der Waals surface area contributed by atoms with E-state index in [2.05, 4.69) is 43.8 Å². The third-order valence-electron chi connectivity index (χ3n) is 4.95. The fraction of sp³-hybridized carbons (Fsp3) is 0.350. The summed E-state index contributed by atoms with van der Waals surface area (Å²) < 4.78 is 0. The molecule has 0 amide bonds. The van der Waals surface area contributed by atoms with Gasteiger partial charge in [-0.1, -0.05) is 18.5 Å². The van der Waals surface area contributed by atoms with Gasteiger partial charge < -0.3 is 10.0 Å². The Kier molecular flexibility index (Phi) is 4.31. The van der Waals surface area contributed by atoms with Gasteiger partial charge in [0.05, 0.1) is 10.7 Å². The highest BCUT2D eigenvalue weighted by atomic mass is 35.5. The van der Waals surface area contributed by atoms with E-state index in [0.717, 1.165) is 17.7 Å². The number of anilines is 1. The number of benzene rings is 2. The molecule has 3 nitrogen and oxygen atoms in total. The zero-order valence-corrected chi connectivity index (χ0v) is 15.3. The van der Waals surface area contributed by atoms with E-state index in [1.165, 1.54) is 11.3 Å². The summed E-state index contributed by atoms with van der Waals surface area (Å²) in [5.74, 6) is 0.713. The summed E-state index contributed by atoms with van der Waals surface area (Å²) >= 11 is 6.50. The highest BCUT2D eigenvalue weighted by molar-refractivity contribution is 6.33. The fourth-order valence-corrected chi connectivity index (χ4v) is 3.59. The Morgan fingerprint density at radius 3 is 2.58 bits per heavy atom. The molecule has 0 saturated heterocycles. The standard InChI is InChI=1S/C20H23ClN2O/c1-13-11-20(2,3)23(4)19-10-18(21)14(9-17(13)19)12-22-15-5-7-16(24)8-6-15/h5-10,12-13,24H,11H2,1-4H3/t13-/m1/s1. The number of halogens is 1. The molecule has 0 unspecified atom stereocenters. The predicted octanol–water partition coefficient (Wildman–Crippen LogP) is 5.52. The highest BCUT2D eigenvalue weighted by Crippen LogP contribution is 2.44. The summed E-state index contributed by atoms with van der Waals surface area (Å²) in [5.41, 5.74) is 4.34. The molecule has 2 aromatic carbocycles. The van der Waals surface area contributed by atoms with E-state index in [1.807, 2.05) is 6.07 Å². The van der Waals surface area contributed by atoms with E-state index in [4.69, 9.17) is 11.6 Å². The summed E-state index contributed by atoms with van der Waals surface area (Å²) in [6.07, 6.45) is 2.90. The lowest BCUT2D eigenvalue weighted by atomic mass is 9.80. The molecule has 0 bridgehead atoms. The van der Waals surface area contributed by atoms with E-state index >= 15 is 0 Å². The zero-order chi connectivity index (χ0) is 17.5. The molecule has 0 saturated carbocycles. The van der Waals surface area contributed by atoms with Crippen molar-refractivity contribution in [3.8, 4) is 5.75 Å². The quantitative estimate of drug-likeness (QED) is 0.729. The van der Waals surface area contributed by atoms with Crippen LogP contribution < -0.4 is 4.90 Å². The average molecular weight is 343 g/mol. The van der Waals surface area contributed by atoms with Gasteiger partial charge in [0.25, 0.3) is 0 Å². The molecule has 1 aliphatic heterocycles. The minimum atomic E-state index is 0.122. The smallest absolute Gasteiger partial charge is 0.115 e. The molecule has 0 aromatic heterocycles. The third kappa shape index (κ3) is 3.13. The van der Waals surface area contributed by atoms with Gasteiger partial charge in [0.15, 0.2) is 0 Å². The SMILES string of the molecule is C[C@@H]1CC(C)(C)N(C)c2cc(Cl)c(C=Nc3ccc(O)cc3)cc21. The van der Waals surface area contributed by atoms with Crippen LogP contribution in [0.15, 0.2) is 41.4 Å². The maximum absolute atomic E-state index is 9.34. The number of aromatic hydroxyl groups is 1. The monoisotopic (exact) mass is 342 g/mol. The van der Waals surface area contributed by atoms with Crippen molar-refractivity contribution >= 4 is 29.2 Å². The fourth-order valence-electron chi connectivity index (χ4n) is 3.39. The second-order valence-electron chi connectivity index (χ2n) is 7.18. The van der Waals surface area contributed by atoms with Crippen LogP contribution in [0.5, 0.6) is 5.75 Å². The lowest BCUT2D eigenvalue weighted by molar-refractivity contribution is 0.395. The van der Waals surface area contributed by atoms with Crippen LogP contribution in [-0.4, -0.2) is 23.9 Å². The van der Waals surface area contributed by atoms with Gasteiger partial charge in [-0.25, -0.2) is 0 Å². The van der Waals surface area contributed by atoms with Crippen molar-refractivity contribution < 1.29 is 5.11 Å². The van der Waals surface area contributed by atoms with Gasteiger partial charge in [0.2, 0.25) is 0 Å². The second kappa shape index (κ2) is 6.14. The second-order valence-corrected chi connectivity index (χ2v) is 7.59. The van der Waals surface area contributed by atoms with Gasteiger partial charge in [0.1, 0.15) is 5.75 Å². The van der Waals surface area contributed by atoms with Crippen LogP contribution in [-0.2, 0) is 0 Å². The molecule has 1 atom stereocenters. The van der Waals surface area contributed by atoms with Crippen molar-refractivity contribution in [1.29, 1.82) is 0 Å². The highest BCUT2D eigenvalue weighted by Gasteiger charge is 2.34. The first-order valence-corrected chi connectivity index (χ1v) is 8.56. The minimum Gasteiger partial charge on any atom is -0.508 e. The Morgan fingerprint density at radius 2 is 1.92 bits per heavy atom. The molecule has 2 aromatic rings. The summed E-state index contributed by atoms with van der Waals surface area (Å²) in [7, 11) is 2.13. The lowest BCUT2D eigenvalue weighted by Crippen LogP contribution is -2.45.